The first-order valence-electron chi connectivity index (χ1n) is 7.77. The molecule has 6 heteroatoms. The highest BCUT2D eigenvalue weighted by molar-refractivity contribution is 6.04. The number of nitrogens with one attached hydrogen (secondary N) is 1. The highest BCUT2D eigenvalue weighted by Crippen LogP contribution is 2.20. The lowest BCUT2D eigenvalue weighted by Gasteiger charge is -2.07. The van der Waals surface area contributed by atoms with Crippen LogP contribution in [0.5, 0.6) is 0 Å². The van der Waals surface area contributed by atoms with Gasteiger partial charge in [0, 0.05) is 36.3 Å². The van der Waals surface area contributed by atoms with Gasteiger partial charge < -0.3 is 14.6 Å². The fourth-order valence-corrected chi connectivity index (χ4v) is 2.60. The molecule has 3 rings (SSSR count). The lowest BCUT2D eigenvalue weighted by atomic mass is 10.2. The summed E-state index contributed by atoms with van der Waals surface area (Å²) in [6.07, 6.45) is 1.67. The van der Waals surface area contributed by atoms with Gasteiger partial charge in [-0.1, -0.05) is 36.4 Å². The van der Waals surface area contributed by atoms with E-state index in [-0.39, 0.29) is 6.54 Å². The average molecular weight is 340 g/mol. The molecule has 0 aliphatic rings. The Morgan fingerprint density at radius 1 is 1.12 bits per heavy atom. The summed E-state index contributed by atoms with van der Waals surface area (Å²) in [4.78, 5) is 24.0. The number of esters is 1. The van der Waals surface area contributed by atoms with Crippen LogP contribution in [-0.4, -0.2) is 23.1 Å². The lowest BCUT2D eigenvalue weighted by Crippen LogP contribution is -2.28. The predicted octanol–water partition coefficient (Wildman–Crippen LogP) is 2.79. The number of aromatic nitrogens is 1. The van der Waals surface area contributed by atoms with Crippen LogP contribution in [0.1, 0.15) is 15.9 Å². The average Bonchev–Trinajstić information content (AvgIpc) is 2.96. The number of rotatable bonds is 5. The predicted molar refractivity (Wildman–Crippen MR) is 91.4 cm³/mol. The van der Waals surface area contributed by atoms with Crippen molar-refractivity contribution in [3.05, 3.63) is 71.7 Å². The van der Waals surface area contributed by atoms with Crippen LogP contribution in [-0.2, 0) is 23.1 Å². The van der Waals surface area contributed by atoms with Gasteiger partial charge >= 0.3 is 5.97 Å². The zero-order valence-electron chi connectivity index (χ0n) is 13.7. The molecule has 0 bridgehead atoms. The maximum absolute atomic E-state index is 13.5. The molecule has 1 N–H and O–H groups in total. The number of nitrogens with zero attached hydrogens (tertiary/aromatic N) is 1. The van der Waals surface area contributed by atoms with Crippen LogP contribution < -0.4 is 5.32 Å². The van der Waals surface area contributed by atoms with Crippen molar-refractivity contribution in [1.29, 1.82) is 0 Å². The van der Waals surface area contributed by atoms with Gasteiger partial charge in [0.05, 0.1) is 5.56 Å². The molecule has 0 fully saturated rings. The number of hydrogen-bond acceptors (Lipinski definition) is 3. The summed E-state index contributed by atoms with van der Waals surface area (Å²) in [5, 5.41) is 3.29. The minimum atomic E-state index is -0.571. The number of amides is 1. The number of benzene rings is 2. The molecule has 1 amide bonds. The van der Waals surface area contributed by atoms with Crippen molar-refractivity contribution in [3.8, 4) is 0 Å². The summed E-state index contributed by atoms with van der Waals surface area (Å²) in [5.41, 5.74) is 1.68. The third kappa shape index (κ3) is 3.68. The second-order valence-corrected chi connectivity index (χ2v) is 5.62. The molecule has 2 aromatic carbocycles. The highest BCUT2D eigenvalue weighted by atomic mass is 19.1. The van der Waals surface area contributed by atoms with Crippen LogP contribution in [0.2, 0.25) is 0 Å². The number of para-hydroxylation sites is 1. The lowest BCUT2D eigenvalue weighted by molar-refractivity contribution is -0.124. The minimum absolute atomic E-state index is 0.0390. The Kier molecular flexibility index (Phi) is 4.79. The van der Waals surface area contributed by atoms with E-state index in [0.29, 0.717) is 11.1 Å². The molecule has 0 unspecified atom stereocenters. The Balaban J connectivity index is 1.58. The van der Waals surface area contributed by atoms with E-state index in [1.807, 2.05) is 35.9 Å². The van der Waals surface area contributed by atoms with Gasteiger partial charge in [0.2, 0.25) is 0 Å². The molecule has 0 spiro atoms. The Labute approximate surface area is 144 Å². The second kappa shape index (κ2) is 7.17. The zero-order valence-corrected chi connectivity index (χ0v) is 13.7. The van der Waals surface area contributed by atoms with Gasteiger partial charge in [0.15, 0.2) is 6.61 Å². The van der Waals surface area contributed by atoms with Gasteiger partial charge in [-0.15, -0.1) is 0 Å². The van der Waals surface area contributed by atoms with Crippen LogP contribution in [0.25, 0.3) is 10.9 Å². The van der Waals surface area contributed by atoms with E-state index in [2.05, 4.69) is 5.32 Å². The number of fused-ring (bicyclic) bond motifs is 1. The number of carbonyl (C=O) groups is 2. The molecule has 1 aromatic heterocycles. The highest BCUT2D eigenvalue weighted by Gasteiger charge is 2.16. The molecule has 5 nitrogen and oxygen atoms in total. The quantitative estimate of drug-likeness (QED) is 0.727. The zero-order chi connectivity index (χ0) is 17.8. The maximum atomic E-state index is 13.5. The maximum Gasteiger partial charge on any atom is 0.340 e. The molecular formula is C19H17FN2O3. The van der Waals surface area contributed by atoms with E-state index in [1.165, 1.54) is 6.07 Å². The van der Waals surface area contributed by atoms with Crippen LogP contribution >= 0.6 is 0 Å². The Hall–Kier alpha value is -3.15. The molecule has 1 heterocycles. The van der Waals surface area contributed by atoms with E-state index in [9.17, 15) is 14.0 Å². The molecule has 0 aliphatic heterocycles. The Morgan fingerprint density at radius 3 is 2.64 bits per heavy atom. The monoisotopic (exact) mass is 340 g/mol. The van der Waals surface area contributed by atoms with Gasteiger partial charge in [0.1, 0.15) is 5.82 Å². The first-order chi connectivity index (χ1) is 12.1. The summed E-state index contributed by atoms with van der Waals surface area (Å²) in [6.45, 7) is -0.381. The number of aryl methyl sites for hydroxylation is 1. The van der Waals surface area contributed by atoms with Gasteiger partial charge in [-0.25, -0.2) is 9.18 Å². The first-order valence-corrected chi connectivity index (χ1v) is 7.77. The van der Waals surface area contributed by atoms with E-state index >= 15 is 0 Å². The third-order valence-corrected chi connectivity index (χ3v) is 3.89. The minimum Gasteiger partial charge on any atom is -0.452 e. The van der Waals surface area contributed by atoms with Gasteiger partial charge in [-0.05, 0) is 12.1 Å². The van der Waals surface area contributed by atoms with Crippen molar-refractivity contribution < 1.29 is 18.7 Å². The van der Waals surface area contributed by atoms with Crippen molar-refractivity contribution in [3.63, 3.8) is 0 Å². The van der Waals surface area contributed by atoms with Crippen molar-refractivity contribution in [1.82, 2.24) is 9.88 Å². The molecule has 0 saturated carbocycles. The molecule has 0 atom stereocenters. The smallest absolute Gasteiger partial charge is 0.340 e. The third-order valence-electron chi connectivity index (χ3n) is 3.89. The van der Waals surface area contributed by atoms with E-state index in [0.717, 1.165) is 10.9 Å². The van der Waals surface area contributed by atoms with Crippen LogP contribution in [0.4, 0.5) is 4.39 Å². The summed E-state index contributed by atoms with van der Waals surface area (Å²) < 4.78 is 20.4. The summed E-state index contributed by atoms with van der Waals surface area (Å²) >= 11 is 0. The van der Waals surface area contributed by atoms with E-state index in [1.54, 1.807) is 24.4 Å². The fraction of sp³-hybridized carbons (Fsp3) is 0.158. The molecule has 128 valence electrons. The largest absolute Gasteiger partial charge is 0.452 e. The molecule has 25 heavy (non-hydrogen) atoms. The second-order valence-electron chi connectivity index (χ2n) is 5.62. The summed E-state index contributed by atoms with van der Waals surface area (Å²) in [5.74, 6) is -1.45. The molecule has 0 aliphatic carbocycles. The molecule has 0 saturated heterocycles. The van der Waals surface area contributed by atoms with Crippen LogP contribution in [0.3, 0.4) is 0 Å². The number of ether oxygens (including phenoxy) is 1. The van der Waals surface area contributed by atoms with Gasteiger partial charge in [-0.2, -0.15) is 0 Å². The fourth-order valence-electron chi connectivity index (χ4n) is 2.60. The number of halogens is 1. The molecule has 3 aromatic rings. The van der Waals surface area contributed by atoms with E-state index < -0.39 is 24.3 Å². The van der Waals surface area contributed by atoms with Gasteiger partial charge in [-0.3, -0.25) is 4.79 Å². The Bertz CT molecular complexity index is 933. The molecular weight excluding hydrogens is 323 g/mol. The van der Waals surface area contributed by atoms with Crippen molar-refractivity contribution in [2.45, 2.75) is 6.54 Å². The van der Waals surface area contributed by atoms with E-state index in [4.69, 9.17) is 4.74 Å². The van der Waals surface area contributed by atoms with Crippen LogP contribution in [0, 0.1) is 5.82 Å². The number of hydrogen-bond donors (Lipinski definition) is 1. The van der Waals surface area contributed by atoms with Crippen molar-refractivity contribution >= 4 is 22.8 Å². The number of carbonyl (C=O) groups excluding carboxylic acids is 2. The summed E-state index contributed by atoms with van der Waals surface area (Å²) in [6, 6.07) is 13.6. The molecule has 0 radical (unpaired) electrons. The van der Waals surface area contributed by atoms with Crippen molar-refractivity contribution in [2.24, 2.45) is 7.05 Å². The standard InChI is InChI=1S/C19H17FN2O3/c1-22-11-15(14-7-3-5-9-17(14)22)19(24)25-12-18(23)21-10-13-6-2-4-8-16(13)20/h2-9,11H,10,12H2,1H3,(H,21,23). The van der Waals surface area contributed by atoms with Gasteiger partial charge in [0.25, 0.3) is 5.91 Å². The SMILES string of the molecule is Cn1cc(C(=O)OCC(=O)NCc2ccccc2F)c2ccccc21. The first kappa shape index (κ1) is 16.7. The Morgan fingerprint density at radius 2 is 1.84 bits per heavy atom. The normalized spacial score (nSPS) is 10.6. The van der Waals surface area contributed by atoms with Crippen LogP contribution in [0.15, 0.2) is 54.7 Å². The summed E-state index contributed by atoms with van der Waals surface area (Å²) in [7, 11) is 1.83. The topological polar surface area (TPSA) is 60.3 Å². The van der Waals surface area contributed by atoms with Crippen molar-refractivity contribution in [2.75, 3.05) is 6.61 Å².